The molecule has 0 saturated carbocycles. The van der Waals surface area contributed by atoms with Crippen LogP contribution in [0.25, 0.3) is 22.5 Å². The minimum atomic E-state index is -0.497. The Kier molecular flexibility index (Phi) is 3.50. The van der Waals surface area contributed by atoms with Crippen LogP contribution in [0.3, 0.4) is 0 Å². The number of benzene rings is 2. The third-order valence-electron chi connectivity index (χ3n) is 7.85. The molecule has 2 aromatic heterocycles. The molecular weight excluding hydrogens is 416 g/mol. The summed E-state index contributed by atoms with van der Waals surface area (Å²) in [5.74, 6) is 1.90. The minimum absolute atomic E-state index is 0.0448. The molecule has 0 bridgehead atoms. The van der Waals surface area contributed by atoms with Gasteiger partial charge in [-0.25, -0.2) is 0 Å². The largest absolute Gasteiger partial charge is 0.456 e. The fourth-order valence-corrected chi connectivity index (χ4v) is 6.08. The average Bonchev–Trinajstić information content (AvgIpc) is 3.26. The van der Waals surface area contributed by atoms with Crippen molar-refractivity contribution in [1.29, 1.82) is 0 Å². The second-order valence-electron chi connectivity index (χ2n) is 12.0. The van der Waals surface area contributed by atoms with Gasteiger partial charge in [-0.3, -0.25) is 0 Å². The first kappa shape index (κ1) is 20.0. The first-order chi connectivity index (χ1) is 16.1. The van der Waals surface area contributed by atoms with Crippen LogP contribution in [0.15, 0.2) is 73.1 Å². The lowest BCUT2D eigenvalue weighted by atomic mass is 9.86. The quantitative estimate of drug-likeness (QED) is 0.253. The van der Waals surface area contributed by atoms with Crippen LogP contribution >= 0.6 is 0 Å². The van der Waals surface area contributed by atoms with E-state index >= 15 is 0 Å². The number of fused-ring (bicyclic) bond motifs is 4. The molecule has 0 fully saturated rings. The summed E-state index contributed by atoms with van der Waals surface area (Å²) in [5.41, 5.74) is 9.70. The molecule has 0 N–H and O–H groups in total. The number of aromatic nitrogens is 2. The molecule has 0 atom stereocenters. The first-order valence-electron chi connectivity index (χ1n) is 12.2. The van der Waals surface area contributed by atoms with Gasteiger partial charge in [-0.2, -0.15) is 0 Å². The fourth-order valence-electron chi connectivity index (χ4n) is 6.08. The van der Waals surface area contributed by atoms with Crippen molar-refractivity contribution in [2.75, 3.05) is 0 Å². The van der Waals surface area contributed by atoms with Gasteiger partial charge in [0.15, 0.2) is 23.5 Å². The normalized spacial score (nSPS) is 15.8. The Balaban J connectivity index is 1.70. The van der Waals surface area contributed by atoms with Crippen molar-refractivity contribution in [3.8, 4) is 34.0 Å². The third kappa shape index (κ3) is 2.23. The molecule has 0 aliphatic carbocycles. The van der Waals surface area contributed by atoms with Gasteiger partial charge >= 0.3 is 5.66 Å². The maximum atomic E-state index is 6.59. The van der Waals surface area contributed by atoms with Crippen LogP contribution < -0.4 is 13.9 Å². The summed E-state index contributed by atoms with van der Waals surface area (Å²) in [4.78, 5) is 0. The molecule has 0 radical (unpaired) electrons. The van der Waals surface area contributed by atoms with Crippen molar-refractivity contribution >= 4 is 0 Å². The summed E-state index contributed by atoms with van der Waals surface area (Å²) in [7, 11) is 0. The SMILES string of the molecule is CC(C)(C)c1ccc2[n+](c1)C13c4c(cccc4-2)Oc2cccc(c21)-c1ccc(C(C)(C)C)c[n+]13. The topological polar surface area (TPSA) is 17.0 Å². The van der Waals surface area contributed by atoms with E-state index in [0.29, 0.717) is 0 Å². The predicted octanol–water partition coefficient (Wildman–Crippen LogP) is 6.22. The van der Waals surface area contributed by atoms with Gasteiger partial charge in [-0.05, 0) is 47.2 Å². The molecule has 3 aliphatic heterocycles. The predicted molar refractivity (Wildman–Crippen MR) is 133 cm³/mol. The molecule has 3 nitrogen and oxygen atoms in total. The zero-order chi connectivity index (χ0) is 23.6. The van der Waals surface area contributed by atoms with Gasteiger partial charge < -0.3 is 4.74 Å². The van der Waals surface area contributed by atoms with Crippen LogP contribution in [0.2, 0.25) is 0 Å². The molecule has 7 rings (SSSR count). The summed E-state index contributed by atoms with van der Waals surface area (Å²) >= 11 is 0. The second kappa shape index (κ2) is 5.96. The van der Waals surface area contributed by atoms with Gasteiger partial charge in [0.1, 0.15) is 11.5 Å². The van der Waals surface area contributed by atoms with Gasteiger partial charge in [0.25, 0.3) is 0 Å². The van der Waals surface area contributed by atoms with Crippen molar-refractivity contribution < 1.29 is 13.9 Å². The number of pyridine rings is 2. The van der Waals surface area contributed by atoms with Crippen LogP contribution in [-0.4, -0.2) is 0 Å². The summed E-state index contributed by atoms with van der Waals surface area (Å²) in [6.45, 7) is 13.7. The zero-order valence-electron chi connectivity index (χ0n) is 20.7. The van der Waals surface area contributed by atoms with Gasteiger partial charge in [-0.1, -0.05) is 53.7 Å². The van der Waals surface area contributed by atoms with Crippen molar-refractivity contribution in [3.63, 3.8) is 0 Å². The molecule has 1 spiro atoms. The van der Waals surface area contributed by atoms with Crippen LogP contribution in [0.5, 0.6) is 11.5 Å². The molecule has 3 heteroatoms. The lowest BCUT2D eigenvalue weighted by Gasteiger charge is -2.27. The van der Waals surface area contributed by atoms with E-state index in [1.807, 2.05) is 0 Å². The summed E-state index contributed by atoms with van der Waals surface area (Å²) < 4.78 is 11.6. The number of rotatable bonds is 0. The fraction of sp³-hybridized carbons (Fsp3) is 0.290. The van der Waals surface area contributed by atoms with Crippen LogP contribution in [-0.2, 0) is 16.5 Å². The number of nitrogens with zero attached hydrogens (tertiary/aromatic N) is 2. The molecule has 2 aromatic carbocycles. The highest BCUT2D eigenvalue weighted by molar-refractivity contribution is 5.80. The lowest BCUT2D eigenvalue weighted by Crippen LogP contribution is -2.72. The summed E-state index contributed by atoms with van der Waals surface area (Å²) in [6.07, 6.45) is 4.77. The van der Waals surface area contributed by atoms with Crippen LogP contribution in [0.1, 0.15) is 63.8 Å². The van der Waals surface area contributed by atoms with Crippen molar-refractivity contribution in [2.45, 2.75) is 58.0 Å². The van der Waals surface area contributed by atoms with Gasteiger partial charge in [0.2, 0.25) is 11.4 Å². The monoisotopic (exact) mass is 446 g/mol. The van der Waals surface area contributed by atoms with Gasteiger partial charge in [0, 0.05) is 23.3 Å². The van der Waals surface area contributed by atoms with Crippen molar-refractivity contribution in [1.82, 2.24) is 0 Å². The standard InChI is InChI=1S/C31H30N2O/c1-29(2,3)19-13-15-23-21-9-7-11-25-27(21)31(32(23)17-19)28-22(10-8-12-26(28)34-25)24-16-14-20(18-33(24)31)30(4,5)6/h7-18H,1-6H3/q+2. The van der Waals surface area contributed by atoms with E-state index in [1.165, 1.54) is 44.8 Å². The van der Waals surface area contributed by atoms with E-state index in [4.69, 9.17) is 4.74 Å². The molecule has 34 heavy (non-hydrogen) atoms. The summed E-state index contributed by atoms with van der Waals surface area (Å²) in [5, 5.41) is 0. The van der Waals surface area contributed by atoms with E-state index in [9.17, 15) is 0 Å². The highest BCUT2D eigenvalue weighted by atomic mass is 16.5. The lowest BCUT2D eigenvalue weighted by molar-refractivity contribution is -0.955. The van der Waals surface area contributed by atoms with Crippen LogP contribution in [0, 0.1) is 0 Å². The first-order valence-corrected chi connectivity index (χ1v) is 12.2. The maximum Gasteiger partial charge on any atom is 0.424 e. The highest BCUT2D eigenvalue weighted by Crippen LogP contribution is 2.57. The summed E-state index contributed by atoms with van der Waals surface area (Å²) in [6, 6.07) is 22.2. The Bertz CT molecular complexity index is 1430. The van der Waals surface area contributed by atoms with E-state index in [0.717, 1.165) is 11.5 Å². The number of ether oxygens (including phenoxy) is 1. The van der Waals surface area contributed by atoms with E-state index in [2.05, 4.69) is 124 Å². The van der Waals surface area contributed by atoms with E-state index in [1.54, 1.807) is 0 Å². The Labute approximate surface area is 201 Å². The van der Waals surface area contributed by atoms with Crippen LogP contribution in [0.4, 0.5) is 0 Å². The number of hydrogen-bond acceptors (Lipinski definition) is 1. The molecular formula is C31H30N2O+2. The number of hydrogen-bond donors (Lipinski definition) is 0. The molecule has 0 unspecified atom stereocenters. The molecule has 0 saturated heterocycles. The highest BCUT2D eigenvalue weighted by Gasteiger charge is 2.71. The van der Waals surface area contributed by atoms with E-state index < -0.39 is 5.66 Å². The Morgan fingerprint density at radius 2 is 1.03 bits per heavy atom. The molecule has 168 valence electrons. The molecule has 4 aromatic rings. The third-order valence-corrected chi connectivity index (χ3v) is 7.85. The average molecular weight is 447 g/mol. The Morgan fingerprint density at radius 1 is 0.588 bits per heavy atom. The maximum absolute atomic E-state index is 6.59. The van der Waals surface area contributed by atoms with Gasteiger partial charge in [-0.15, -0.1) is 9.13 Å². The molecule has 5 heterocycles. The second-order valence-corrected chi connectivity index (χ2v) is 12.0. The zero-order valence-corrected chi connectivity index (χ0v) is 20.7. The van der Waals surface area contributed by atoms with Crippen molar-refractivity contribution in [2.24, 2.45) is 0 Å². The van der Waals surface area contributed by atoms with Crippen molar-refractivity contribution in [3.05, 3.63) is 95.3 Å². The molecule has 0 amide bonds. The Morgan fingerprint density at radius 3 is 1.44 bits per heavy atom. The van der Waals surface area contributed by atoms with E-state index in [-0.39, 0.29) is 10.8 Å². The molecule has 3 aliphatic rings. The minimum Gasteiger partial charge on any atom is -0.456 e. The smallest absolute Gasteiger partial charge is 0.424 e. The van der Waals surface area contributed by atoms with Gasteiger partial charge in [0.05, 0.1) is 11.1 Å². The Hall–Kier alpha value is -3.46.